The average molecular weight is 324 g/mol. The normalized spacial score (nSPS) is 20.0. The van der Waals surface area contributed by atoms with Crippen molar-refractivity contribution in [3.05, 3.63) is 47.0 Å². The zero-order chi connectivity index (χ0) is 15.3. The molecule has 0 bridgehead atoms. The van der Waals surface area contributed by atoms with Crippen LogP contribution in [0, 0.1) is 0 Å². The van der Waals surface area contributed by atoms with Crippen LogP contribution in [0.4, 0.5) is 0 Å². The van der Waals surface area contributed by atoms with Gasteiger partial charge in [0.1, 0.15) is 5.60 Å². The Labute approximate surface area is 139 Å². The molecule has 2 aromatic heterocycles. The molecule has 3 nitrogen and oxygen atoms in total. The van der Waals surface area contributed by atoms with Gasteiger partial charge in [0.2, 0.25) is 0 Å². The SMILES string of the molecule is c1cc(-c2cc3c(s2)C2(CCNCC2)OCC3)c2[nH]ccc2c1. The molecule has 2 aliphatic heterocycles. The van der Waals surface area contributed by atoms with Crippen LogP contribution >= 0.6 is 11.3 Å². The molecule has 4 heteroatoms. The van der Waals surface area contributed by atoms with Crippen molar-refractivity contribution in [3.63, 3.8) is 0 Å². The minimum absolute atomic E-state index is 0.0363. The maximum atomic E-state index is 6.32. The molecule has 0 unspecified atom stereocenters. The highest BCUT2D eigenvalue weighted by Crippen LogP contribution is 2.47. The Hall–Kier alpha value is -1.62. The lowest BCUT2D eigenvalue weighted by Crippen LogP contribution is -2.43. The van der Waals surface area contributed by atoms with Crippen LogP contribution in [0.3, 0.4) is 0 Å². The molecule has 1 fully saturated rings. The topological polar surface area (TPSA) is 37.0 Å². The van der Waals surface area contributed by atoms with E-state index in [2.05, 4.69) is 40.6 Å². The molecule has 118 valence electrons. The number of benzene rings is 1. The molecule has 5 rings (SSSR count). The highest BCUT2D eigenvalue weighted by Gasteiger charge is 2.40. The third kappa shape index (κ3) is 2.09. The number of hydrogen-bond donors (Lipinski definition) is 2. The summed E-state index contributed by atoms with van der Waals surface area (Å²) in [6, 6.07) is 11.1. The summed E-state index contributed by atoms with van der Waals surface area (Å²) >= 11 is 1.94. The van der Waals surface area contributed by atoms with Gasteiger partial charge in [0.25, 0.3) is 0 Å². The number of hydrogen-bond acceptors (Lipinski definition) is 3. The molecule has 1 saturated heterocycles. The number of piperidine rings is 1. The lowest BCUT2D eigenvalue weighted by Gasteiger charge is -2.40. The summed E-state index contributed by atoms with van der Waals surface area (Å²) in [5, 5.41) is 4.75. The Balaban J connectivity index is 1.65. The Bertz CT molecular complexity index is 857. The Morgan fingerprint density at radius 3 is 2.96 bits per heavy atom. The zero-order valence-electron chi connectivity index (χ0n) is 13.0. The first kappa shape index (κ1) is 13.8. The van der Waals surface area contributed by atoms with E-state index in [1.807, 2.05) is 17.5 Å². The summed E-state index contributed by atoms with van der Waals surface area (Å²) in [6.45, 7) is 2.97. The number of rotatable bonds is 1. The molecule has 3 aromatic rings. The molecule has 0 atom stereocenters. The predicted molar refractivity (Wildman–Crippen MR) is 95.0 cm³/mol. The number of ether oxygens (including phenoxy) is 1. The fourth-order valence-electron chi connectivity index (χ4n) is 4.05. The van der Waals surface area contributed by atoms with E-state index in [1.165, 1.54) is 31.8 Å². The molecule has 2 aliphatic rings. The van der Waals surface area contributed by atoms with Crippen LogP contribution < -0.4 is 5.32 Å². The second-order valence-corrected chi connectivity index (χ2v) is 7.61. The van der Waals surface area contributed by atoms with Crippen LogP contribution in [0.25, 0.3) is 21.3 Å². The molecule has 1 spiro atoms. The summed E-state index contributed by atoms with van der Waals surface area (Å²) in [5.41, 5.74) is 4.02. The predicted octanol–water partition coefficient (Wildman–Crippen LogP) is 4.05. The quantitative estimate of drug-likeness (QED) is 0.708. The average Bonchev–Trinajstić information content (AvgIpc) is 3.23. The fourth-order valence-corrected chi connectivity index (χ4v) is 5.49. The number of nitrogens with one attached hydrogen (secondary N) is 2. The van der Waals surface area contributed by atoms with Crippen molar-refractivity contribution in [1.29, 1.82) is 0 Å². The van der Waals surface area contributed by atoms with Crippen molar-refractivity contribution in [2.24, 2.45) is 0 Å². The van der Waals surface area contributed by atoms with E-state index in [9.17, 15) is 0 Å². The molecule has 0 amide bonds. The minimum Gasteiger partial charge on any atom is -0.369 e. The molecular formula is C19H20N2OS. The standard InChI is InChI=1S/C19H20N2OS/c1-2-13-4-8-21-17(13)15(3-1)16-12-14-5-11-22-19(18(14)23-16)6-9-20-10-7-19/h1-4,8,12,20-21H,5-7,9-11H2. The molecule has 1 aromatic carbocycles. The van der Waals surface area contributed by atoms with Gasteiger partial charge < -0.3 is 15.0 Å². The van der Waals surface area contributed by atoms with Gasteiger partial charge >= 0.3 is 0 Å². The summed E-state index contributed by atoms with van der Waals surface area (Å²) in [7, 11) is 0. The lowest BCUT2D eigenvalue weighted by molar-refractivity contribution is -0.0771. The van der Waals surface area contributed by atoms with E-state index in [1.54, 1.807) is 0 Å². The Morgan fingerprint density at radius 1 is 1.13 bits per heavy atom. The fraction of sp³-hybridized carbons (Fsp3) is 0.368. The van der Waals surface area contributed by atoms with Gasteiger partial charge in [0, 0.05) is 26.9 Å². The smallest absolute Gasteiger partial charge is 0.105 e. The number of aromatic nitrogens is 1. The molecule has 23 heavy (non-hydrogen) atoms. The van der Waals surface area contributed by atoms with Gasteiger partial charge in [0.05, 0.1) is 12.1 Å². The third-order valence-corrected chi connectivity index (χ3v) is 6.63. The third-order valence-electron chi connectivity index (χ3n) is 5.24. The van der Waals surface area contributed by atoms with Crippen molar-refractivity contribution < 1.29 is 4.74 Å². The molecule has 0 radical (unpaired) electrons. The highest BCUT2D eigenvalue weighted by atomic mass is 32.1. The second-order valence-electron chi connectivity index (χ2n) is 6.56. The van der Waals surface area contributed by atoms with E-state index in [0.717, 1.165) is 39.0 Å². The molecule has 2 N–H and O–H groups in total. The summed E-state index contributed by atoms with van der Waals surface area (Å²) in [4.78, 5) is 6.25. The van der Waals surface area contributed by atoms with E-state index >= 15 is 0 Å². The molecule has 4 heterocycles. The Morgan fingerprint density at radius 2 is 2.04 bits per heavy atom. The first-order valence-electron chi connectivity index (χ1n) is 8.40. The van der Waals surface area contributed by atoms with Crippen molar-refractivity contribution in [3.8, 4) is 10.4 Å². The summed E-state index contributed by atoms with van der Waals surface area (Å²) in [5.74, 6) is 0. The summed E-state index contributed by atoms with van der Waals surface area (Å²) < 4.78 is 6.32. The molecule has 0 saturated carbocycles. The number of H-pyrrole nitrogens is 1. The van der Waals surface area contributed by atoms with Gasteiger partial charge in [0.15, 0.2) is 0 Å². The maximum absolute atomic E-state index is 6.32. The van der Waals surface area contributed by atoms with Gasteiger partial charge in [-0.25, -0.2) is 0 Å². The van der Waals surface area contributed by atoms with Crippen LogP contribution in [-0.2, 0) is 16.8 Å². The Kier molecular flexibility index (Phi) is 3.11. The number of fused-ring (bicyclic) bond motifs is 3. The van der Waals surface area contributed by atoms with Crippen LogP contribution in [-0.4, -0.2) is 24.7 Å². The van der Waals surface area contributed by atoms with E-state index in [-0.39, 0.29) is 5.60 Å². The largest absolute Gasteiger partial charge is 0.369 e. The van der Waals surface area contributed by atoms with Crippen LogP contribution in [0.5, 0.6) is 0 Å². The monoisotopic (exact) mass is 324 g/mol. The van der Waals surface area contributed by atoms with Crippen molar-refractivity contribution in [1.82, 2.24) is 10.3 Å². The zero-order valence-corrected chi connectivity index (χ0v) is 13.8. The second kappa shape index (κ2) is 5.20. The minimum atomic E-state index is -0.0363. The van der Waals surface area contributed by atoms with E-state index in [4.69, 9.17) is 4.74 Å². The number of aromatic amines is 1. The molecule has 0 aliphatic carbocycles. The first-order chi connectivity index (χ1) is 11.4. The van der Waals surface area contributed by atoms with Crippen LogP contribution in [0.1, 0.15) is 23.3 Å². The van der Waals surface area contributed by atoms with Gasteiger partial charge in [-0.3, -0.25) is 0 Å². The van der Waals surface area contributed by atoms with Crippen molar-refractivity contribution in [2.75, 3.05) is 19.7 Å². The van der Waals surface area contributed by atoms with Crippen molar-refractivity contribution >= 4 is 22.2 Å². The first-order valence-corrected chi connectivity index (χ1v) is 9.22. The van der Waals surface area contributed by atoms with Gasteiger partial charge in [-0.1, -0.05) is 18.2 Å². The number of thiophene rings is 1. The van der Waals surface area contributed by atoms with Crippen molar-refractivity contribution in [2.45, 2.75) is 24.9 Å². The number of para-hydroxylation sites is 1. The van der Waals surface area contributed by atoms with Crippen LogP contribution in [0.2, 0.25) is 0 Å². The van der Waals surface area contributed by atoms with E-state index in [0.29, 0.717) is 0 Å². The van der Waals surface area contributed by atoms with Gasteiger partial charge in [-0.2, -0.15) is 0 Å². The van der Waals surface area contributed by atoms with Gasteiger partial charge in [-0.05, 0) is 50.0 Å². The van der Waals surface area contributed by atoms with E-state index < -0.39 is 0 Å². The lowest BCUT2D eigenvalue weighted by atomic mass is 9.86. The summed E-state index contributed by atoms with van der Waals surface area (Å²) in [6.07, 6.45) is 5.25. The molecular weight excluding hydrogens is 304 g/mol. The van der Waals surface area contributed by atoms with Crippen LogP contribution in [0.15, 0.2) is 36.5 Å². The van der Waals surface area contributed by atoms with Gasteiger partial charge in [-0.15, -0.1) is 11.3 Å². The highest BCUT2D eigenvalue weighted by molar-refractivity contribution is 7.16. The maximum Gasteiger partial charge on any atom is 0.105 e.